The number of rotatable bonds is 7. The Morgan fingerprint density at radius 1 is 1.29 bits per heavy atom. The highest BCUT2D eigenvalue weighted by Crippen LogP contribution is 2.26. The van der Waals surface area contributed by atoms with Crippen molar-refractivity contribution < 1.29 is 23.0 Å². The molecule has 1 aromatic carbocycles. The van der Waals surface area contributed by atoms with Gasteiger partial charge in [-0.25, -0.2) is 0 Å². The number of carbonyl (C=O) groups excluding carboxylic acids is 1. The van der Waals surface area contributed by atoms with Crippen LogP contribution in [0, 0.1) is 11.8 Å². The molecule has 0 radical (unpaired) electrons. The highest BCUT2D eigenvalue weighted by Gasteiger charge is 2.27. The molecule has 0 spiro atoms. The zero-order valence-corrected chi connectivity index (χ0v) is 14.1. The van der Waals surface area contributed by atoms with Gasteiger partial charge in [-0.1, -0.05) is 26.0 Å². The second-order valence-corrected chi connectivity index (χ2v) is 6.16. The number of hydrogen-bond donors (Lipinski definition) is 1. The van der Waals surface area contributed by atoms with E-state index in [1.807, 2.05) is 13.8 Å². The first-order valence-electron chi connectivity index (χ1n) is 8.44. The molecular weight excluding hydrogens is 316 g/mol. The van der Waals surface area contributed by atoms with Crippen molar-refractivity contribution >= 4 is 5.91 Å². The summed E-state index contributed by atoms with van der Waals surface area (Å²) in [7, 11) is 0. The number of amides is 1. The lowest BCUT2D eigenvalue weighted by atomic mass is 9.86. The minimum absolute atomic E-state index is 0.0293. The smallest absolute Gasteiger partial charge is 0.387 e. The van der Waals surface area contributed by atoms with Gasteiger partial charge in [-0.3, -0.25) is 4.79 Å². The quantitative estimate of drug-likeness (QED) is 0.818. The molecule has 1 heterocycles. The molecule has 1 aromatic rings. The Morgan fingerprint density at radius 2 is 1.92 bits per heavy atom. The fourth-order valence-electron chi connectivity index (χ4n) is 3.04. The van der Waals surface area contributed by atoms with E-state index in [0.29, 0.717) is 19.1 Å². The average Bonchev–Trinajstić information content (AvgIpc) is 2.60. The molecule has 1 amide bonds. The van der Waals surface area contributed by atoms with E-state index in [1.54, 1.807) is 12.1 Å². The Balaban J connectivity index is 1.96. The van der Waals surface area contributed by atoms with Gasteiger partial charge in [-0.15, -0.1) is 0 Å². The van der Waals surface area contributed by atoms with Gasteiger partial charge in [0.2, 0.25) is 5.91 Å². The fourth-order valence-corrected chi connectivity index (χ4v) is 3.04. The van der Waals surface area contributed by atoms with Gasteiger partial charge < -0.3 is 14.8 Å². The Bertz CT molecular complexity index is 516. The first-order chi connectivity index (χ1) is 11.5. The molecular formula is C18H25F2NO3. The lowest BCUT2D eigenvalue weighted by molar-refractivity contribution is -0.128. The van der Waals surface area contributed by atoms with Crippen molar-refractivity contribution in [3.05, 3.63) is 29.8 Å². The molecule has 1 aliphatic heterocycles. The minimum atomic E-state index is -2.84. The van der Waals surface area contributed by atoms with Crippen LogP contribution in [0.3, 0.4) is 0 Å². The van der Waals surface area contributed by atoms with Gasteiger partial charge in [0.1, 0.15) is 5.75 Å². The van der Waals surface area contributed by atoms with Crippen molar-refractivity contribution in [2.24, 2.45) is 11.8 Å². The molecule has 0 aromatic heterocycles. The molecule has 0 bridgehead atoms. The predicted molar refractivity (Wildman–Crippen MR) is 87.0 cm³/mol. The van der Waals surface area contributed by atoms with E-state index < -0.39 is 6.61 Å². The third-order valence-corrected chi connectivity index (χ3v) is 4.62. The topological polar surface area (TPSA) is 47.6 Å². The molecule has 1 saturated heterocycles. The Kier molecular flexibility index (Phi) is 6.97. The standard InChI is InChI=1S/C18H25F2NO3/c1-3-16(14-4-6-15(7-5-14)24-18(19)20)21-17(22)12(2)13-8-10-23-11-9-13/h4-7,12-13,16,18H,3,8-11H2,1-2H3,(H,21,22)/t12-,16-/m0/s1. The number of alkyl halides is 2. The number of hydrogen-bond acceptors (Lipinski definition) is 3. The molecule has 1 aliphatic rings. The molecule has 2 atom stereocenters. The van der Waals surface area contributed by atoms with Crippen LogP contribution in [-0.4, -0.2) is 25.7 Å². The maximum absolute atomic E-state index is 12.5. The van der Waals surface area contributed by atoms with Gasteiger partial charge >= 0.3 is 6.61 Å². The zero-order valence-electron chi connectivity index (χ0n) is 14.1. The highest BCUT2D eigenvalue weighted by atomic mass is 19.3. The second kappa shape index (κ2) is 8.97. The summed E-state index contributed by atoms with van der Waals surface area (Å²) in [4.78, 5) is 12.5. The Morgan fingerprint density at radius 3 is 2.46 bits per heavy atom. The van der Waals surface area contributed by atoms with Crippen LogP contribution in [0.2, 0.25) is 0 Å². The maximum Gasteiger partial charge on any atom is 0.387 e. The molecule has 4 nitrogen and oxygen atoms in total. The SMILES string of the molecule is CC[C@H](NC(=O)[C@@H](C)C1CCOCC1)c1ccc(OC(F)F)cc1. The van der Waals surface area contributed by atoms with Crippen molar-refractivity contribution in [1.29, 1.82) is 0 Å². The zero-order chi connectivity index (χ0) is 17.5. The third kappa shape index (κ3) is 5.16. The fraction of sp³-hybridized carbons (Fsp3) is 0.611. The minimum Gasteiger partial charge on any atom is -0.435 e. The molecule has 0 saturated carbocycles. The van der Waals surface area contributed by atoms with E-state index in [9.17, 15) is 13.6 Å². The summed E-state index contributed by atoms with van der Waals surface area (Å²) in [5, 5.41) is 3.07. The van der Waals surface area contributed by atoms with Gasteiger partial charge in [0, 0.05) is 19.1 Å². The maximum atomic E-state index is 12.5. The molecule has 6 heteroatoms. The average molecular weight is 341 g/mol. The van der Waals surface area contributed by atoms with Gasteiger partial charge in [-0.2, -0.15) is 8.78 Å². The predicted octanol–water partition coefficient (Wildman–Crippen LogP) is 3.92. The summed E-state index contributed by atoms with van der Waals surface area (Å²) in [6.45, 7) is 2.53. The summed E-state index contributed by atoms with van der Waals surface area (Å²) in [5.41, 5.74) is 0.881. The van der Waals surface area contributed by atoms with Gasteiger partial charge in [-0.05, 0) is 42.9 Å². The number of ether oxygens (including phenoxy) is 2. The number of nitrogens with one attached hydrogen (secondary N) is 1. The number of halogens is 2. The molecule has 1 fully saturated rings. The van der Waals surface area contributed by atoms with Crippen LogP contribution in [0.25, 0.3) is 0 Å². The summed E-state index contributed by atoms with van der Waals surface area (Å²) >= 11 is 0. The summed E-state index contributed by atoms with van der Waals surface area (Å²) in [6.07, 6.45) is 2.54. The van der Waals surface area contributed by atoms with E-state index in [0.717, 1.165) is 24.8 Å². The second-order valence-electron chi connectivity index (χ2n) is 6.16. The molecule has 2 rings (SSSR count). The molecule has 1 N–H and O–H groups in total. The van der Waals surface area contributed by atoms with E-state index in [-0.39, 0.29) is 23.6 Å². The van der Waals surface area contributed by atoms with E-state index in [4.69, 9.17) is 4.74 Å². The monoisotopic (exact) mass is 341 g/mol. The molecule has 134 valence electrons. The van der Waals surface area contributed by atoms with Crippen LogP contribution < -0.4 is 10.1 Å². The van der Waals surface area contributed by atoms with Crippen LogP contribution in [0.5, 0.6) is 5.75 Å². The first-order valence-corrected chi connectivity index (χ1v) is 8.44. The van der Waals surface area contributed by atoms with Gasteiger partial charge in [0.05, 0.1) is 6.04 Å². The van der Waals surface area contributed by atoms with E-state index >= 15 is 0 Å². The number of benzene rings is 1. The Hall–Kier alpha value is -1.69. The van der Waals surface area contributed by atoms with Crippen molar-refractivity contribution in [3.8, 4) is 5.75 Å². The van der Waals surface area contributed by atoms with E-state index in [2.05, 4.69) is 10.1 Å². The molecule has 24 heavy (non-hydrogen) atoms. The van der Waals surface area contributed by atoms with Crippen LogP contribution in [0.4, 0.5) is 8.78 Å². The third-order valence-electron chi connectivity index (χ3n) is 4.62. The van der Waals surface area contributed by atoms with E-state index in [1.165, 1.54) is 12.1 Å². The van der Waals surface area contributed by atoms with Gasteiger partial charge in [0.25, 0.3) is 0 Å². The van der Waals surface area contributed by atoms with Gasteiger partial charge in [0.15, 0.2) is 0 Å². The largest absolute Gasteiger partial charge is 0.435 e. The van der Waals surface area contributed by atoms with Crippen molar-refractivity contribution in [3.63, 3.8) is 0 Å². The Labute approximate surface area is 141 Å². The summed E-state index contributed by atoms with van der Waals surface area (Å²) < 4.78 is 34.1. The van der Waals surface area contributed by atoms with Crippen LogP contribution in [0.1, 0.15) is 44.7 Å². The number of carbonyl (C=O) groups is 1. The lowest BCUT2D eigenvalue weighted by Gasteiger charge is -2.28. The van der Waals surface area contributed by atoms with Crippen LogP contribution in [0.15, 0.2) is 24.3 Å². The van der Waals surface area contributed by atoms with Crippen LogP contribution in [-0.2, 0) is 9.53 Å². The lowest BCUT2D eigenvalue weighted by Crippen LogP contribution is -2.37. The highest BCUT2D eigenvalue weighted by molar-refractivity contribution is 5.79. The summed E-state index contributed by atoms with van der Waals surface area (Å²) in [6, 6.07) is 6.29. The normalized spacial score (nSPS) is 18.2. The summed E-state index contributed by atoms with van der Waals surface area (Å²) in [5.74, 6) is 0.426. The molecule has 0 aliphatic carbocycles. The van der Waals surface area contributed by atoms with Crippen LogP contribution >= 0.6 is 0 Å². The first kappa shape index (κ1) is 18.6. The van der Waals surface area contributed by atoms with Crippen molar-refractivity contribution in [2.45, 2.75) is 45.8 Å². The van der Waals surface area contributed by atoms with Crippen molar-refractivity contribution in [2.75, 3.05) is 13.2 Å². The van der Waals surface area contributed by atoms with Crippen molar-refractivity contribution in [1.82, 2.24) is 5.32 Å². The molecule has 0 unspecified atom stereocenters.